The third kappa shape index (κ3) is 6.10. The largest absolute Gasteiger partial charge is 0.472 e. The first kappa shape index (κ1) is 33.0. The van der Waals surface area contributed by atoms with Crippen LogP contribution in [0.3, 0.4) is 0 Å². The summed E-state index contributed by atoms with van der Waals surface area (Å²) in [6, 6.07) is 2.02. The van der Waals surface area contributed by atoms with Gasteiger partial charge in [-0.25, -0.2) is 0 Å². The van der Waals surface area contributed by atoms with Crippen LogP contribution in [0, 0.1) is 16.7 Å². The second-order valence-corrected chi connectivity index (χ2v) is 13.9. The molecule has 6 N–H and O–H groups in total. The van der Waals surface area contributed by atoms with Crippen LogP contribution < -0.4 is 0 Å². The van der Waals surface area contributed by atoms with Gasteiger partial charge in [0.05, 0.1) is 31.3 Å². The Morgan fingerprint density at radius 3 is 2.30 bits per heavy atom. The summed E-state index contributed by atoms with van der Waals surface area (Å²) in [5, 5.41) is 62.6. The van der Waals surface area contributed by atoms with E-state index in [0.29, 0.717) is 12.3 Å². The van der Waals surface area contributed by atoms with Crippen molar-refractivity contribution in [1.29, 1.82) is 0 Å². The van der Waals surface area contributed by atoms with Crippen molar-refractivity contribution in [2.24, 2.45) is 16.7 Å². The van der Waals surface area contributed by atoms with Gasteiger partial charge in [-0.05, 0) is 80.8 Å². The zero-order chi connectivity index (χ0) is 31.3. The van der Waals surface area contributed by atoms with Crippen molar-refractivity contribution in [1.82, 2.24) is 0 Å². The summed E-state index contributed by atoms with van der Waals surface area (Å²) in [5.41, 5.74) is 3.81. The molecule has 3 heterocycles. The Morgan fingerprint density at radius 2 is 1.63 bits per heavy atom. The third-order valence-electron chi connectivity index (χ3n) is 10.9. The van der Waals surface area contributed by atoms with Gasteiger partial charge in [0, 0.05) is 0 Å². The van der Waals surface area contributed by atoms with E-state index < -0.39 is 68.0 Å². The Hall–Kier alpha value is -1.38. The molecule has 1 aromatic heterocycles. The predicted octanol–water partition coefficient (Wildman–Crippen LogP) is 1.80. The van der Waals surface area contributed by atoms with Gasteiger partial charge in [-0.15, -0.1) is 0 Å². The highest BCUT2D eigenvalue weighted by molar-refractivity contribution is 5.29. The van der Waals surface area contributed by atoms with E-state index in [1.54, 1.807) is 6.26 Å². The van der Waals surface area contributed by atoms with Crippen LogP contribution in [0.25, 0.3) is 0 Å². The van der Waals surface area contributed by atoms with Gasteiger partial charge in [0.25, 0.3) is 0 Å². The van der Waals surface area contributed by atoms with Crippen molar-refractivity contribution < 1.29 is 54.0 Å². The Kier molecular flexibility index (Phi) is 9.81. The van der Waals surface area contributed by atoms with Crippen molar-refractivity contribution in [2.75, 3.05) is 6.61 Å². The van der Waals surface area contributed by atoms with E-state index >= 15 is 0 Å². The molecule has 1 aromatic rings. The number of aryl methyl sites for hydroxylation is 1. The quantitative estimate of drug-likeness (QED) is 0.237. The lowest BCUT2D eigenvalue weighted by molar-refractivity contribution is -0.375. The van der Waals surface area contributed by atoms with Crippen molar-refractivity contribution in [3.8, 4) is 0 Å². The van der Waals surface area contributed by atoms with E-state index in [1.165, 1.54) is 23.6 Å². The Labute approximate surface area is 253 Å². The molecule has 2 aliphatic carbocycles. The molecule has 0 bridgehead atoms. The molecule has 1 saturated carbocycles. The summed E-state index contributed by atoms with van der Waals surface area (Å²) in [7, 11) is 0. The van der Waals surface area contributed by atoms with Gasteiger partial charge in [0.2, 0.25) is 0 Å². The first-order valence-corrected chi connectivity index (χ1v) is 15.6. The number of aliphatic hydroxyl groups is 6. The highest BCUT2D eigenvalue weighted by Gasteiger charge is 2.57. The van der Waals surface area contributed by atoms with Crippen LogP contribution in [0.1, 0.15) is 72.3 Å². The molecule has 4 aliphatic rings. The third-order valence-corrected chi connectivity index (χ3v) is 10.9. The molecule has 1 unspecified atom stereocenters. The van der Waals surface area contributed by atoms with Crippen molar-refractivity contribution >= 4 is 0 Å². The lowest BCUT2D eigenvalue weighted by atomic mass is 9.49. The van der Waals surface area contributed by atoms with Crippen LogP contribution >= 0.6 is 0 Å². The second-order valence-electron chi connectivity index (χ2n) is 13.9. The molecule has 5 rings (SSSR count). The van der Waals surface area contributed by atoms with Crippen molar-refractivity contribution in [3.05, 3.63) is 35.3 Å². The minimum absolute atomic E-state index is 0.0186. The highest BCUT2D eigenvalue weighted by atomic mass is 16.8. The molecule has 13 atom stereocenters. The summed E-state index contributed by atoms with van der Waals surface area (Å²) in [5.74, 6) is 0.301. The summed E-state index contributed by atoms with van der Waals surface area (Å²) < 4.78 is 29.5. The number of ether oxygens (including phenoxy) is 4. The lowest BCUT2D eigenvalue weighted by Gasteiger charge is -2.58. The number of furan rings is 1. The molecule has 244 valence electrons. The molecule has 0 radical (unpaired) electrons. The van der Waals surface area contributed by atoms with Crippen LogP contribution in [0.5, 0.6) is 0 Å². The molecule has 11 heteroatoms. The van der Waals surface area contributed by atoms with Crippen LogP contribution in [-0.2, 0) is 25.4 Å². The monoisotopic (exact) mass is 610 g/mol. The average molecular weight is 611 g/mol. The van der Waals surface area contributed by atoms with Crippen molar-refractivity contribution in [3.63, 3.8) is 0 Å². The highest BCUT2D eigenvalue weighted by Crippen LogP contribution is 2.61. The van der Waals surface area contributed by atoms with E-state index in [1.807, 2.05) is 12.3 Å². The normalized spacial score (nSPS) is 45.2. The van der Waals surface area contributed by atoms with E-state index in [0.717, 1.165) is 32.1 Å². The molecular weight excluding hydrogens is 560 g/mol. The van der Waals surface area contributed by atoms with E-state index in [-0.39, 0.29) is 16.9 Å². The minimum atomic E-state index is -1.61. The van der Waals surface area contributed by atoms with Gasteiger partial charge in [-0.3, -0.25) is 0 Å². The Morgan fingerprint density at radius 1 is 0.884 bits per heavy atom. The summed E-state index contributed by atoms with van der Waals surface area (Å²) in [6.07, 6.45) is -4.72. The second kappa shape index (κ2) is 12.8. The number of aliphatic hydroxyl groups excluding tert-OH is 6. The summed E-state index contributed by atoms with van der Waals surface area (Å²) in [4.78, 5) is 0. The lowest BCUT2D eigenvalue weighted by Crippen LogP contribution is -2.65. The van der Waals surface area contributed by atoms with Gasteiger partial charge in [-0.1, -0.05) is 31.9 Å². The van der Waals surface area contributed by atoms with Gasteiger partial charge in [0.15, 0.2) is 12.6 Å². The molecular formula is C32H50O11. The fourth-order valence-corrected chi connectivity index (χ4v) is 8.27. The first-order chi connectivity index (χ1) is 20.3. The smallest absolute Gasteiger partial charge is 0.187 e. The molecule has 2 aliphatic heterocycles. The fraction of sp³-hybridized carbons (Fsp3) is 0.812. The SMILES string of the molecule is CC1=C(CCc2ccoc2)[C@@]2(C)CCC(O[C@@H]3O[C@H](CO)[C@@H](O)[C@H](O)[C@H]3O[C@@H]3O[C@@H](C)[C@H](O)[C@@H](O)[C@H]3O)C(C)(C)[C@@H]2CC1. The van der Waals surface area contributed by atoms with E-state index in [2.05, 4.69) is 27.7 Å². The van der Waals surface area contributed by atoms with Gasteiger partial charge >= 0.3 is 0 Å². The minimum Gasteiger partial charge on any atom is -0.472 e. The van der Waals surface area contributed by atoms with Crippen molar-refractivity contribution in [2.45, 2.75) is 141 Å². The maximum atomic E-state index is 11.1. The molecule has 11 nitrogen and oxygen atoms in total. The molecule has 43 heavy (non-hydrogen) atoms. The van der Waals surface area contributed by atoms with Crippen LogP contribution in [0.15, 0.2) is 34.2 Å². The predicted molar refractivity (Wildman–Crippen MR) is 153 cm³/mol. The zero-order valence-corrected chi connectivity index (χ0v) is 25.8. The van der Waals surface area contributed by atoms with Crippen LogP contribution in [0.4, 0.5) is 0 Å². The number of allylic oxidation sites excluding steroid dienone is 2. The van der Waals surface area contributed by atoms with E-state index in [9.17, 15) is 30.6 Å². The fourth-order valence-electron chi connectivity index (χ4n) is 8.27. The topological polar surface area (TPSA) is 171 Å². The van der Waals surface area contributed by atoms with Crippen LogP contribution in [0.2, 0.25) is 0 Å². The first-order valence-electron chi connectivity index (χ1n) is 15.6. The molecule has 0 aromatic carbocycles. The van der Waals surface area contributed by atoms with Gasteiger partial charge in [-0.2, -0.15) is 0 Å². The number of hydrogen-bond donors (Lipinski definition) is 6. The molecule has 0 amide bonds. The number of fused-ring (bicyclic) bond motifs is 1. The van der Waals surface area contributed by atoms with Gasteiger partial charge in [0.1, 0.15) is 42.7 Å². The summed E-state index contributed by atoms with van der Waals surface area (Å²) in [6.45, 7) is 10.0. The zero-order valence-electron chi connectivity index (χ0n) is 25.8. The van der Waals surface area contributed by atoms with E-state index in [4.69, 9.17) is 23.4 Å². The Balaban J connectivity index is 1.35. The average Bonchev–Trinajstić information content (AvgIpc) is 3.48. The molecule has 0 spiro atoms. The maximum Gasteiger partial charge on any atom is 0.187 e. The number of rotatable bonds is 8. The molecule has 2 saturated heterocycles. The Bertz CT molecular complexity index is 1100. The standard InChI is InChI=1S/C32H50O11/c1-16-6-9-21-31(3,4)22(10-12-32(21,5)19(16)8-7-18-11-13-39-15-18)42-30-28(26(37)24(35)20(14-33)41-30)43-29-27(38)25(36)23(34)17(2)40-29/h11,13,15,17,20-30,33-38H,6-10,12,14H2,1-5H3/t17-,20+,21-,22?,23-,24+,25+,26-,27+,28+,29-,30-,32+/m0/s1. The van der Waals surface area contributed by atoms with Gasteiger partial charge < -0.3 is 54.0 Å². The maximum absolute atomic E-state index is 11.1. The molecule has 3 fully saturated rings. The summed E-state index contributed by atoms with van der Waals surface area (Å²) >= 11 is 0. The van der Waals surface area contributed by atoms with Crippen LogP contribution in [-0.4, -0.2) is 105 Å². The number of hydrogen-bond acceptors (Lipinski definition) is 11.